The smallest absolute Gasteiger partial charge is 0.330 e. The average Bonchev–Trinajstić information content (AvgIpc) is 3.01. The van der Waals surface area contributed by atoms with Crippen molar-refractivity contribution in [1.82, 2.24) is 14.9 Å². The van der Waals surface area contributed by atoms with Crippen LogP contribution in [-0.2, 0) is 11.2 Å². The van der Waals surface area contributed by atoms with Gasteiger partial charge >= 0.3 is 5.69 Å². The Hall–Kier alpha value is -2.22. The number of ether oxygens (including phenoxy) is 1. The molecule has 3 N–H and O–H groups in total. The maximum Gasteiger partial charge on any atom is 0.330 e. The number of benzene rings is 1. The van der Waals surface area contributed by atoms with E-state index in [2.05, 4.69) is 10.3 Å². The first kappa shape index (κ1) is 18.6. The molecule has 0 aliphatic carbocycles. The van der Waals surface area contributed by atoms with Crippen LogP contribution in [0.25, 0.3) is 0 Å². The molecule has 2 heterocycles. The molecule has 0 radical (unpaired) electrons. The second kappa shape index (κ2) is 7.99. The van der Waals surface area contributed by atoms with Crippen molar-refractivity contribution in [3.8, 4) is 0 Å². The van der Waals surface area contributed by atoms with Crippen LogP contribution in [-0.4, -0.2) is 33.4 Å². The number of hydrogen-bond acceptors (Lipinski definition) is 5. The zero-order valence-corrected chi connectivity index (χ0v) is 15.0. The Balaban J connectivity index is 1.66. The van der Waals surface area contributed by atoms with E-state index in [1.165, 1.54) is 10.8 Å². The van der Waals surface area contributed by atoms with Crippen LogP contribution in [0, 0.1) is 0 Å². The number of aromatic nitrogens is 2. The third-order valence-corrected chi connectivity index (χ3v) is 4.86. The third kappa shape index (κ3) is 3.95. The van der Waals surface area contributed by atoms with Gasteiger partial charge in [0.15, 0.2) is 0 Å². The number of nitrogens with one attached hydrogen (secondary N) is 2. The molecule has 1 aromatic carbocycles. The lowest BCUT2D eigenvalue weighted by atomic mass is 10.1. The Kier molecular flexibility index (Phi) is 5.70. The molecule has 1 saturated heterocycles. The van der Waals surface area contributed by atoms with Gasteiger partial charge in [0.25, 0.3) is 5.56 Å². The summed E-state index contributed by atoms with van der Waals surface area (Å²) in [5, 5.41) is 13.7. The van der Waals surface area contributed by atoms with E-state index in [-0.39, 0.29) is 11.6 Å². The standard InChI is InChI=1S/C19H25N3O4/c1-3-13-11-22(19(25)21-18(13)24)17-9-15(23)16(26-17)10-20-12(2)14-7-5-4-6-8-14/h4-8,11-12,15-17,20,23H,3,9-10H2,1-2H3,(H,21,24,25)/t12-,15+,16-,17-/m1/s1. The van der Waals surface area contributed by atoms with Crippen LogP contribution in [0.3, 0.4) is 0 Å². The second-order valence-corrected chi connectivity index (χ2v) is 6.65. The van der Waals surface area contributed by atoms with Crippen LogP contribution < -0.4 is 16.6 Å². The number of nitrogens with zero attached hydrogens (tertiary/aromatic N) is 1. The van der Waals surface area contributed by atoms with Crippen LogP contribution in [0.5, 0.6) is 0 Å². The summed E-state index contributed by atoms with van der Waals surface area (Å²) < 4.78 is 7.26. The summed E-state index contributed by atoms with van der Waals surface area (Å²) in [5.74, 6) is 0. The van der Waals surface area contributed by atoms with Crippen molar-refractivity contribution >= 4 is 0 Å². The maximum absolute atomic E-state index is 12.1. The van der Waals surface area contributed by atoms with E-state index in [0.717, 1.165) is 5.56 Å². The zero-order chi connectivity index (χ0) is 18.7. The van der Waals surface area contributed by atoms with Gasteiger partial charge in [0, 0.05) is 30.8 Å². The minimum absolute atomic E-state index is 0.119. The van der Waals surface area contributed by atoms with Crippen molar-refractivity contribution in [2.45, 2.75) is 51.2 Å². The van der Waals surface area contributed by atoms with E-state index in [4.69, 9.17) is 4.74 Å². The van der Waals surface area contributed by atoms with Gasteiger partial charge in [0.05, 0.1) is 12.2 Å². The Bertz CT molecular complexity index is 846. The van der Waals surface area contributed by atoms with Gasteiger partial charge in [0.2, 0.25) is 0 Å². The molecule has 1 fully saturated rings. The highest BCUT2D eigenvalue weighted by Gasteiger charge is 2.35. The molecule has 0 saturated carbocycles. The molecular weight excluding hydrogens is 334 g/mol. The monoisotopic (exact) mass is 359 g/mol. The largest absolute Gasteiger partial charge is 0.390 e. The summed E-state index contributed by atoms with van der Waals surface area (Å²) in [6.07, 6.45) is 0.667. The fraction of sp³-hybridized carbons (Fsp3) is 0.474. The first-order chi connectivity index (χ1) is 12.5. The number of aryl methyl sites for hydroxylation is 1. The summed E-state index contributed by atoms with van der Waals surface area (Å²) in [4.78, 5) is 26.1. The number of hydrogen-bond donors (Lipinski definition) is 3. The van der Waals surface area contributed by atoms with Gasteiger partial charge in [-0.1, -0.05) is 37.3 Å². The topological polar surface area (TPSA) is 96.3 Å². The van der Waals surface area contributed by atoms with Crippen molar-refractivity contribution in [2.75, 3.05) is 6.54 Å². The van der Waals surface area contributed by atoms with Crippen molar-refractivity contribution in [3.05, 3.63) is 68.5 Å². The molecule has 4 atom stereocenters. The van der Waals surface area contributed by atoms with Crippen molar-refractivity contribution in [1.29, 1.82) is 0 Å². The molecule has 0 spiro atoms. The van der Waals surface area contributed by atoms with Crippen LogP contribution in [0.1, 0.15) is 43.7 Å². The SMILES string of the molecule is CCc1cn([C@H]2C[C@H](O)[C@@H](CN[C@H](C)c3ccccc3)O2)c(=O)[nH]c1=O. The van der Waals surface area contributed by atoms with Gasteiger partial charge in [-0.25, -0.2) is 4.79 Å². The van der Waals surface area contributed by atoms with Crippen molar-refractivity contribution in [2.24, 2.45) is 0 Å². The molecule has 1 aliphatic heterocycles. The summed E-state index contributed by atoms with van der Waals surface area (Å²) in [6, 6.07) is 10.1. The highest BCUT2D eigenvalue weighted by molar-refractivity contribution is 5.18. The molecule has 140 valence electrons. The molecule has 1 aliphatic rings. The lowest BCUT2D eigenvalue weighted by Gasteiger charge is -2.20. The number of H-pyrrole nitrogens is 1. The molecule has 3 rings (SSSR count). The molecule has 2 aromatic rings. The predicted octanol–water partition coefficient (Wildman–Crippen LogP) is 1.10. The van der Waals surface area contributed by atoms with Gasteiger partial charge in [0.1, 0.15) is 6.23 Å². The Morgan fingerprint density at radius 2 is 2.08 bits per heavy atom. The number of aromatic amines is 1. The van der Waals surface area contributed by atoms with E-state index in [1.807, 2.05) is 44.2 Å². The van der Waals surface area contributed by atoms with Gasteiger partial charge in [-0.2, -0.15) is 0 Å². The molecule has 0 unspecified atom stereocenters. The maximum atomic E-state index is 12.1. The Morgan fingerprint density at radius 3 is 2.77 bits per heavy atom. The van der Waals surface area contributed by atoms with Crippen molar-refractivity contribution in [3.63, 3.8) is 0 Å². The fourth-order valence-electron chi connectivity index (χ4n) is 3.22. The quantitative estimate of drug-likeness (QED) is 0.718. The van der Waals surface area contributed by atoms with E-state index < -0.39 is 24.1 Å². The summed E-state index contributed by atoms with van der Waals surface area (Å²) in [5.41, 5.74) is 0.779. The predicted molar refractivity (Wildman–Crippen MR) is 98.1 cm³/mol. The van der Waals surface area contributed by atoms with E-state index in [0.29, 0.717) is 24.9 Å². The highest BCUT2D eigenvalue weighted by atomic mass is 16.5. The average molecular weight is 359 g/mol. The summed E-state index contributed by atoms with van der Waals surface area (Å²) >= 11 is 0. The number of rotatable bonds is 6. The van der Waals surface area contributed by atoms with E-state index >= 15 is 0 Å². The first-order valence-corrected chi connectivity index (χ1v) is 8.95. The van der Waals surface area contributed by atoms with E-state index in [1.54, 1.807) is 0 Å². The van der Waals surface area contributed by atoms with Crippen LogP contribution in [0.15, 0.2) is 46.1 Å². The van der Waals surface area contributed by atoms with Crippen LogP contribution in [0.2, 0.25) is 0 Å². The molecule has 26 heavy (non-hydrogen) atoms. The van der Waals surface area contributed by atoms with E-state index in [9.17, 15) is 14.7 Å². The van der Waals surface area contributed by atoms with Gasteiger partial charge in [-0.15, -0.1) is 0 Å². The van der Waals surface area contributed by atoms with Crippen LogP contribution in [0.4, 0.5) is 0 Å². The first-order valence-electron chi connectivity index (χ1n) is 8.95. The molecule has 7 nitrogen and oxygen atoms in total. The fourth-order valence-corrected chi connectivity index (χ4v) is 3.22. The Labute approximate surface area is 151 Å². The van der Waals surface area contributed by atoms with Gasteiger partial charge in [-0.3, -0.25) is 14.3 Å². The molecule has 0 bridgehead atoms. The van der Waals surface area contributed by atoms with Gasteiger partial charge in [-0.05, 0) is 18.9 Å². The third-order valence-electron chi connectivity index (χ3n) is 4.86. The minimum atomic E-state index is -0.681. The second-order valence-electron chi connectivity index (χ2n) is 6.65. The molecule has 0 amide bonds. The Morgan fingerprint density at radius 1 is 1.35 bits per heavy atom. The normalized spacial score (nSPS) is 23.9. The van der Waals surface area contributed by atoms with Crippen LogP contribution >= 0.6 is 0 Å². The van der Waals surface area contributed by atoms with Gasteiger partial charge < -0.3 is 15.2 Å². The molecular formula is C19H25N3O4. The number of aliphatic hydroxyl groups is 1. The summed E-state index contributed by atoms with van der Waals surface area (Å²) in [7, 11) is 0. The number of aliphatic hydroxyl groups excluding tert-OH is 1. The lowest BCUT2D eigenvalue weighted by molar-refractivity contribution is -0.0203. The lowest BCUT2D eigenvalue weighted by Crippen LogP contribution is -2.36. The highest BCUT2D eigenvalue weighted by Crippen LogP contribution is 2.27. The minimum Gasteiger partial charge on any atom is -0.390 e. The zero-order valence-electron chi connectivity index (χ0n) is 15.0. The van der Waals surface area contributed by atoms with Crippen molar-refractivity contribution < 1.29 is 9.84 Å². The summed E-state index contributed by atoms with van der Waals surface area (Å²) in [6.45, 7) is 4.36. The molecule has 7 heteroatoms. The molecule has 1 aromatic heterocycles.